The molecule has 0 aliphatic heterocycles. The average molecular weight is 320 g/mol. The van der Waals surface area contributed by atoms with Crippen molar-refractivity contribution in [1.82, 2.24) is 10.2 Å². The fraction of sp³-hybridized carbons (Fsp3) is 0.500. The van der Waals surface area contributed by atoms with Gasteiger partial charge in [-0.05, 0) is 43.8 Å². The van der Waals surface area contributed by atoms with Crippen molar-refractivity contribution in [3.8, 4) is 11.5 Å². The molecule has 0 spiro atoms. The van der Waals surface area contributed by atoms with Gasteiger partial charge in [0.2, 0.25) is 5.91 Å². The first-order valence-corrected chi connectivity index (χ1v) is 7.96. The van der Waals surface area contributed by atoms with Crippen LogP contribution in [0.2, 0.25) is 0 Å². The van der Waals surface area contributed by atoms with Crippen molar-refractivity contribution in [2.45, 2.75) is 20.8 Å². The summed E-state index contributed by atoms with van der Waals surface area (Å²) in [5.74, 6) is 1.27. The van der Waals surface area contributed by atoms with Crippen LogP contribution in [0.5, 0.6) is 11.5 Å². The lowest BCUT2D eigenvalue weighted by Crippen LogP contribution is -2.35. The molecule has 0 radical (unpaired) electrons. The highest BCUT2D eigenvalue weighted by molar-refractivity contribution is 5.97. The van der Waals surface area contributed by atoms with Crippen molar-refractivity contribution in [1.29, 1.82) is 0 Å². The zero-order chi connectivity index (χ0) is 17.2. The number of carbonyl (C=O) groups excluding carboxylic acids is 1. The number of carbonyl (C=O) groups is 1. The van der Waals surface area contributed by atoms with Crippen LogP contribution < -0.4 is 14.8 Å². The molecule has 1 aromatic carbocycles. The normalized spacial score (nSPS) is 11.5. The molecule has 128 valence electrons. The van der Waals surface area contributed by atoms with Gasteiger partial charge in [0.15, 0.2) is 11.5 Å². The molecule has 0 aliphatic rings. The first-order valence-electron chi connectivity index (χ1n) is 7.96. The molecule has 5 nitrogen and oxygen atoms in total. The Morgan fingerprint density at radius 3 is 2.39 bits per heavy atom. The van der Waals surface area contributed by atoms with Crippen molar-refractivity contribution < 1.29 is 14.3 Å². The van der Waals surface area contributed by atoms with Crippen molar-refractivity contribution in [3.05, 3.63) is 29.3 Å². The fourth-order valence-corrected chi connectivity index (χ4v) is 2.26. The van der Waals surface area contributed by atoms with Crippen LogP contribution in [0.25, 0.3) is 6.08 Å². The Kier molecular flexibility index (Phi) is 8.19. The summed E-state index contributed by atoms with van der Waals surface area (Å²) in [6.07, 6.45) is 1.84. The minimum atomic E-state index is -0.0491. The number of ether oxygens (including phenoxy) is 2. The number of rotatable bonds is 9. The molecule has 1 rings (SSSR count). The number of likely N-dealkylation sites (N-methyl/N-ethyl adjacent to an activating group) is 1. The summed E-state index contributed by atoms with van der Waals surface area (Å²) in [6, 6.07) is 5.58. The van der Waals surface area contributed by atoms with Crippen LogP contribution in [-0.4, -0.2) is 51.2 Å². The highest BCUT2D eigenvalue weighted by Crippen LogP contribution is 2.28. The molecule has 1 N–H and O–H groups in total. The second-order valence-electron chi connectivity index (χ2n) is 5.22. The van der Waals surface area contributed by atoms with Crippen molar-refractivity contribution >= 4 is 12.0 Å². The summed E-state index contributed by atoms with van der Waals surface area (Å²) >= 11 is 0. The molecule has 0 saturated carbocycles. The predicted molar refractivity (Wildman–Crippen MR) is 94.0 cm³/mol. The van der Waals surface area contributed by atoms with E-state index >= 15 is 0 Å². The van der Waals surface area contributed by atoms with E-state index in [4.69, 9.17) is 9.47 Å². The molecular weight excluding hydrogens is 292 g/mol. The van der Waals surface area contributed by atoms with Gasteiger partial charge in [0.1, 0.15) is 0 Å². The lowest BCUT2D eigenvalue weighted by molar-refractivity contribution is -0.117. The van der Waals surface area contributed by atoms with E-state index in [1.165, 1.54) is 0 Å². The lowest BCUT2D eigenvalue weighted by atomic mass is 10.1. The van der Waals surface area contributed by atoms with Gasteiger partial charge in [-0.15, -0.1) is 0 Å². The van der Waals surface area contributed by atoms with Gasteiger partial charge >= 0.3 is 0 Å². The van der Waals surface area contributed by atoms with E-state index in [-0.39, 0.29) is 5.91 Å². The molecule has 0 aromatic heterocycles. The average Bonchev–Trinajstić information content (AvgIpc) is 2.58. The molecule has 1 aromatic rings. The molecule has 23 heavy (non-hydrogen) atoms. The molecule has 0 atom stereocenters. The highest BCUT2D eigenvalue weighted by atomic mass is 16.5. The Morgan fingerprint density at radius 1 is 1.17 bits per heavy atom. The lowest BCUT2D eigenvalue weighted by Gasteiger charge is -2.18. The van der Waals surface area contributed by atoms with Gasteiger partial charge in [-0.1, -0.05) is 19.9 Å². The van der Waals surface area contributed by atoms with Gasteiger partial charge in [-0.3, -0.25) is 4.79 Å². The number of methoxy groups -OCH3 is 2. The number of nitrogens with zero attached hydrogens (tertiary/aromatic N) is 1. The van der Waals surface area contributed by atoms with E-state index < -0.39 is 0 Å². The van der Waals surface area contributed by atoms with E-state index in [1.54, 1.807) is 14.2 Å². The third kappa shape index (κ3) is 5.94. The molecule has 1 amide bonds. The summed E-state index contributed by atoms with van der Waals surface area (Å²) in [4.78, 5) is 14.4. The maximum Gasteiger partial charge on any atom is 0.246 e. The molecule has 0 aliphatic carbocycles. The molecular formula is C18H28N2O3. The van der Waals surface area contributed by atoms with Crippen molar-refractivity contribution in [3.63, 3.8) is 0 Å². The summed E-state index contributed by atoms with van der Waals surface area (Å²) < 4.78 is 10.5. The molecule has 0 unspecified atom stereocenters. The maximum atomic E-state index is 12.1. The highest BCUT2D eigenvalue weighted by Gasteiger charge is 2.07. The van der Waals surface area contributed by atoms with Gasteiger partial charge in [-0.25, -0.2) is 0 Å². The fourth-order valence-electron chi connectivity index (χ4n) is 2.26. The van der Waals surface area contributed by atoms with Gasteiger partial charge in [0.25, 0.3) is 0 Å². The molecule has 0 saturated heterocycles. The molecule has 0 fully saturated rings. The first kappa shape index (κ1) is 19.0. The van der Waals surface area contributed by atoms with Crippen LogP contribution in [0.1, 0.15) is 26.3 Å². The van der Waals surface area contributed by atoms with Gasteiger partial charge in [0.05, 0.1) is 14.2 Å². The molecule has 0 bridgehead atoms. The van der Waals surface area contributed by atoms with Gasteiger partial charge in [-0.2, -0.15) is 0 Å². The van der Waals surface area contributed by atoms with Crippen LogP contribution in [-0.2, 0) is 4.79 Å². The number of nitrogens with one attached hydrogen (secondary N) is 1. The van der Waals surface area contributed by atoms with Crippen LogP contribution in [0.15, 0.2) is 23.8 Å². The van der Waals surface area contributed by atoms with Crippen molar-refractivity contribution in [2.75, 3.05) is 40.4 Å². The molecule has 0 heterocycles. The SMILES string of the molecule is CCN(CC)CCNC(=O)/C(C)=C/c1ccc(OC)c(OC)c1. The van der Waals surface area contributed by atoms with E-state index in [2.05, 4.69) is 24.1 Å². The van der Waals surface area contributed by atoms with Crippen LogP contribution in [0, 0.1) is 0 Å². The van der Waals surface area contributed by atoms with E-state index in [0.717, 1.165) is 25.2 Å². The summed E-state index contributed by atoms with van der Waals surface area (Å²) in [5, 5.41) is 2.95. The van der Waals surface area contributed by atoms with Crippen molar-refractivity contribution in [2.24, 2.45) is 0 Å². The van der Waals surface area contributed by atoms with Gasteiger partial charge in [0, 0.05) is 18.7 Å². The van der Waals surface area contributed by atoms with Gasteiger partial charge < -0.3 is 19.7 Å². The Hall–Kier alpha value is -2.01. The second-order valence-corrected chi connectivity index (χ2v) is 5.22. The Bertz CT molecular complexity index is 537. The zero-order valence-electron chi connectivity index (χ0n) is 14.8. The van der Waals surface area contributed by atoms with Crippen LogP contribution >= 0.6 is 0 Å². The number of hydrogen-bond donors (Lipinski definition) is 1. The third-order valence-corrected chi connectivity index (χ3v) is 3.76. The number of amides is 1. The monoisotopic (exact) mass is 320 g/mol. The Balaban J connectivity index is 2.66. The topological polar surface area (TPSA) is 50.8 Å². The van der Waals surface area contributed by atoms with E-state index in [0.29, 0.717) is 23.6 Å². The zero-order valence-corrected chi connectivity index (χ0v) is 14.8. The second kappa shape index (κ2) is 9.90. The maximum absolute atomic E-state index is 12.1. The minimum absolute atomic E-state index is 0.0491. The predicted octanol–water partition coefficient (Wildman–Crippen LogP) is 2.57. The summed E-state index contributed by atoms with van der Waals surface area (Å²) in [6.45, 7) is 9.55. The Labute approximate surface area is 139 Å². The van der Waals surface area contributed by atoms with E-state index in [9.17, 15) is 4.79 Å². The molecule has 5 heteroatoms. The van der Waals surface area contributed by atoms with E-state index in [1.807, 2.05) is 31.2 Å². The number of hydrogen-bond acceptors (Lipinski definition) is 4. The van der Waals surface area contributed by atoms with Crippen LogP contribution in [0.3, 0.4) is 0 Å². The minimum Gasteiger partial charge on any atom is -0.493 e. The summed E-state index contributed by atoms with van der Waals surface area (Å²) in [7, 11) is 3.19. The number of benzene rings is 1. The quantitative estimate of drug-likeness (QED) is 0.711. The third-order valence-electron chi connectivity index (χ3n) is 3.76. The standard InChI is InChI=1S/C18H28N2O3/c1-6-20(7-2)11-10-19-18(21)14(3)12-15-8-9-16(22-4)17(13-15)23-5/h8-9,12-13H,6-7,10-11H2,1-5H3,(H,19,21)/b14-12+. The largest absolute Gasteiger partial charge is 0.493 e. The first-order chi connectivity index (χ1) is 11.0. The summed E-state index contributed by atoms with van der Waals surface area (Å²) in [5.41, 5.74) is 1.57. The van der Waals surface area contributed by atoms with Crippen LogP contribution in [0.4, 0.5) is 0 Å². The Morgan fingerprint density at radius 2 is 1.83 bits per heavy atom. The smallest absolute Gasteiger partial charge is 0.246 e.